The highest BCUT2D eigenvalue weighted by atomic mass is 32.2. The van der Waals surface area contributed by atoms with Crippen LogP contribution in [0.1, 0.15) is 6.42 Å². The number of nitro benzene ring substituents is 1. The van der Waals surface area contributed by atoms with Crippen molar-refractivity contribution in [2.24, 2.45) is 0 Å². The van der Waals surface area contributed by atoms with E-state index >= 15 is 0 Å². The molecule has 0 aromatic heterocycles. The number of carbonyl (C=O) groups is 1. The average molecular weight is 372 g/mol. The van der Waals surface area contributed by atoms with Crippen LogP contribution < -0.4 is 5.32 Å². The quantitative estimate of drug-likeness (QED) is 0.519. The predicted octanol–water partition coefficient (Wildman–Crippen LogP) is 0.418. The molecule has 1 aliphatic rings. The van der Waals surface area contributed by atoms with Crippen LogP contribution in [0.2, 0.25) is 0 Å². The first-order valence-electron chi connectivity index (χ1n) is 7.64. The van der Waals surface area contributed by atoms with E-state index in [1.165, 1.54) is 16.4 Å². The fraction of sp³-hybridized carbons (Fsp3) is 0.500. The molecule has 1 heterocycles. The molecule has 138 valence electrons. The van der Waals surface area contributed by atoms with Crippen molar-refractivity contribution >= 4 is 27.4 Å². The van der Waals surface area contributed by atoms with Gasteiger partial charge in [0.05, 0.1) is 16.2 Å². The van der Waals surface area contributed by atoms with Crippen LogP contribution in [-0.2, 0) is 14.8 Å². The third-order valence-corrected chi connectivity index (χ3v) is 5.81. The maximum atomic E-state index is 12.7. The lowest BCUT2D eigenvalue weighted by Crippen LogP contribution is -2.47. The summed E-state index contributed by atoms with van der Waals surface area (Å²) in [5.41, 5.74) is -0.316. The summed E-state index contributed by atoms with van der Waals surface area (Å²) in [7, 11) is -1.92. The molecule has 0 atom stereocenters. The van der Waals surface area contributed by atoms with Gasteiger partial charge in [-0.15, -0.1) is 0 Å². The van der Waals surface area contributed by atoms with E-state index in [1.54, 1.807) is 0 Å². The van der Waals surface area contributed by atoms with Gasteiger partial charge in [-0.2, -0.15) is 4.31 Å². The lowest BCUT2D eigenvalue weighted by molar-refractivity contribution is -0.384. The molecule has 1 aliphatic heterocycles. The summed E-state index contributed by atoms with van der Waals surface area (Å²) in [4.78, 5) is 23.0. The number of likely N-dealkylation sites (N-methyl/N-ethyl adjacent to an activating group) is 1. The third kappa shape index (κ3) is 4.65. The second kappa shape index (κ2) is 7.76. The van der Waals surface area contributed by atoms with E-state index in [0.717, 1.165) is 6.07 Å². The van der Waals surface area contributed by atoms with Crippen LogP contribution in [0.15, 0.2) is 23.1 Å². The number of nitrogens with zero attached hydrogens (tertiary/aromatic N) is 3. The maximum Gasteiger partial charge on any atom is 0.305 e. The molecule has 0 spiro atoms. The lowest BCUT2D eigenvalue weighted by Gasteiger charge is -2.31. The number of sulfonamides is 1. The molecule has 1 aromatic carbocycles. The summed E-state index contributed by atoms with van der Waals surface area (Å²) in [5, 5.41) is 22.5. The van der Waals surface area contributed by atoms with Crippen molar-refractivity contribution in [2.75, 3.05) is 45.1 Å². The summed E-state index contributed by atoms with van der Waals surface area (Å²) in [6, 6.07) is 3.60. The van der Waals surface area contributed by atoms with Gasteiger partial charge in [-0.3, -0.25) is 14.9 Å². The number of benzene rings is 1. The summed E-state index contributed by atoms with van der Waals surface area (Å²) in [6.07, 6.45) is -0.210. The molecule has 0 saturated carbocycles. The van der Waals surface area contributed by atoms with Crippen LogP contribution in [-0.4, -0.2) is 73.4 Å². The lowest BCUT2D eigenvalue weighted by atomic mass is 10.2. The van der Waals surface area contributed by atoms with Crippen molar-refractivity contribution in [3.63, 3.8) is 0 Å². The SMILES string of the molecule is CN1CCN(S(=O)(=O)c2ccc(NCCC(=O)O)c([N+](=O)[O-])c2)CC1. The van der Waals surface area contributed by atoms with Crippen molar-refractivity contribution in [1.82, 2.24) is 9.21 Å². The Morgan fingerprint density at radius 3 is 2.52 bits per heavy atom. The second-order valence-electron chi connectivity index (χ2n) is 5.71. The molecule has 0 radical (unpaired) electrons. The Labute approximate surface area is 145 Å². The highest BCUT2D eigenvalue weighted by Crippen LogP contribution is 2.29. The number of nitro groups is 1. The molecule has 1 saturated heterocycles. The van der Waals surface area contributed by atoms with E-state index in [4.69, 9.17) is 5.11 Å². The fourth-order valence-corrected chi connectivity index (χ4v) is 3.90. The van der Waals surface area contributed by atoms with E-state index in [9.17, 15) is 23.3 Å². The molecule has 0 unspecified atom stereocenters. The van der Waals surface area contributed by atoms with Gasteiger partial charge in [-0.25, -0.2) is 8.42 Å². The van der Waals surface area contributed by atoms with Gasteiger partial charge in [0.15, 0.2) is 0 Å². The van der Waals surface area contributed by atoms with Gasteiger partial charge >= 0.3 is 5.97 Å². The van der Waals surface area contributed by atoms with Gasteiger partial charge in [-0.05, 0) is 19.2 Å². The van der Waals surface area contributed by atoms with E-state index in [2.05, 4.69) is 5.32 Å². The number of carboxylic acids is 1. The van der Waals surface area contributed by atoms with Gasteiger partial charge in [-0.1, -0.05) is 0 Å². The second-order valence-corrected chi connectivity index (χ2v) is 7.65. The molecule has 2 rings (SSSR count). The highest BCUT2D eigenvalue weighted by Gasteiger charge is 2.29. The van der Waals surface area contributed by atoms with Crippen molar-refractivity contribution in [2.45, 2.75) is 11.3 Å². The number of hydrogen-bond donors (Lipinski definition) is 2. The molecular formula is C14H20N4O6S. The molecular weight excluding hydrogens is 352 g/mol. The predicted molar refractivity (Wildman–Crippen MR) is 90.1 cm³/mol. The molecule has 10 nitrogen and oxygen atoms in total. The van der Waals surface area contributed by atoms with Crippen LogP contribution in [0, 0.1) is 10.1 Å². The molecule has 2 N–H and O–H groups in total. The molecule has 1 aromatic rings. The Hall–Kier alpha value is -2.24. The standard InChI is InChI=1S/C14H20N4O6S/c1-16-6-8-17(9-7-16)25(23,24)11-2-3-12(13(10-11)18(21)22)15-5-4-14(19)20/h2-3,10,15H,4-9H2,1H3,(H,19,20). The van der Waals surface area contributed by atoms with E-state index in [-0.39, 0.29) is 23.5 Å². The minimum atomic E-state index is -3.81. The molecule has 1 fully saturated rings. The first-order valence-corrected chi connectivity index (χ1v) is 9.08. The fourth-order valence-electron chi connectivity index (χ4n) is 2.45. The van der Waals surface area contributed by atoms with E-state index in [1.807, 2.05) is 11.9 Å². The molecule has 25 heavy (non-hydrogen) atoms. The maximum absolute atomic E-state index is 12.7. The number of nitrogens with one attached hydrogen (secondary N) is 1. The number of anilines is 1. The smallest absolute Gasteiger partial charge is 0.305 e. The van der Waals surface area contributed by atoms with Gasteiger partial charge in [0.25, 0.3) is 5.69 Å². The number of carboxylic acid groups (broad SMARTS) is 1. The molecule has 11 heteroatoms. The zero-order valence-electron chi connectivity index (χ0n) is 13.7. The Morgan fingerprint density at radius 2 is 1.96 bits per heavy atom. The van der Waals surface area contributed by atoms with Gasteiger partial charge in [0.1, 0.15) is 5.69 Å². The monoisotopic (exact) mass is 372 g/mol. The van der Waals surface area contributed by atoms with E-state index < -0.39 is 26.6 Å². The third-order valence-electron chi connectivity index (χ3n) is 3.92. The first-order chi connectivity index (χ1) is 11.7. The van der Waals surface area contributed by atoms with Crippen molar-refractivity contribution in [3.05, 3.63) is 28.3 Å². The van der Waals surface area contributed by atoms with Gasteiger partial charge < -0.3 is 15.3 Å². The van der Waals surface area contributed by atoms with Gasteiger partial charge in [0.2, 0.25) is 10.0 Å². The number of piperazine rings is 1. The number of hydrogen-bond acceptors (Lipinski definition) is 7. The number of aliphatic carboxylic acids is 1. The molecule has 0 aliphatic carbocycles. The molecule has 0 bridgehead atoms. The Kier molecular flexibility index (Phi) is 5.93. The van der Waals surface area contributed by atoms with Gasteiger partial charge in [0, 0.05) is 38.8 Å². The minimum Gasteiger partial charge on any atom is -0.481 e. The normalized spacial score (nSPS) is 16.5. The summed E-state index contributed by atoms with van der Waals surface area (Å²) < 4.78 is 26.6. The van der Waals surface area contributed by atoms with Crippen molar-refractivity contribution in [1.29, 1.82) is 0 Å². The Balaban J connectivity index is 2.25. The Morgan fingerprint density at radius 1 is 1.32 bits per heavy atom. The zero-order valence-corrected chi connectivity index (χ0v) is 14.5. The largest absolute Gasteiger partial charge is 0.481 e. The van der Waals surface area contributed by atoms with Crippen molar-refractivity contribution < 1.29 is 23.2 Å². The average Bonchev–Trinajstić information content (AvgIpc) is 2.54. The zero-order chi connectivity index (χ0) is 18.6. The van der Waals surface area contributed by atoms with Crippen molar-refractivity contribution in [3.8, 4) is 0 Å². The summed E-state index contributed by atoms with van der Waals surface area (Å²) in [5.74, 6) is -1.04. The topological polar surface area (TPSA) is 133 Å². The van der Waals surface area contributed by atoms with Crippen LogP contribution in [0.5, 0.6) is 0 Å². The Bertz CT molecular complexity index is 759. The summed E-state index contributed by atoms with van der Waals surface area (Å²) >= 11 is 0. The first kappa shape index (κ1) is 19.1. The van der Waals surface area contributed by atoms with Crippen LogP contribution in [0.3, 0.4) is 0 Å². The molecule has 0 amide bonds. The van der Waals surface area contributed by atoms with E-state index in [0.29, 0.717) is 26.2 Å². The van der Waals surface area contributed by atoms with Crippen LogP contribution in [0.4, 0.5) is 11.4 Å². The minimum absolute atomic E-state index is 0.000724. The van der Waals surface area contributed by atoms with Crippen LogP contribution >= 0.6 is 0 Å². The van der Waals surface area contributed by atoms with Crippen LogP contribution in [0.25, 0.3) is 0 Å². The summed E-state index contributed by atoms with van der Waals surface area (Å²) in [6.45, 7) is 1.84. The number of rotatable bonds is 7. The highest BCUT2D eigenvalue weighted by molar-refractivity contribution is 7.89.